The van der Waals surface area contributed by atoms with E-state index in [4.69, 9.17) is 4.74 Å². The number of hydrogen-bond acceptors (Lipinski definition) is 4. The molecule has 0 bridgehead atoms. The van der Waals surface area contributed by atoms with Crippen LogP contribution in [0.15, 0.2) is 22.7 Å². The van der Waals surface area contributed by atoms with Gasteiger partial charge in [0.1, 0.15) is 13.1 Å². The number of benzene rings is 1. The van der Waals surface area contributed by atoms with Crippen molar-refractivity contribution in [2.45, 2.75) is 12.5 Å². The Labute approximate surface area is 131 Å². The number of amides is 1. The van der Waals surface area contributed by atoms with Crippen molar-refractivity contribution < 1.29 is 9.53 Å². The third-order valence-electron chi connectivity index (χ3n) is 3.76. The van der Waals surface area contributed by atoms with Crippen molar-refractivity contribution in [1.29, 1.82) is 0 Å². The summed E-state index contributed by atoms with van der Waals surface area (Å²) in [5.74, 6) is -0.0809. The number of hydroxylamine groups is 2. The normalized spacial score (nSPS) is 22.9. The Kier molecular flexibility index (Phi) is 4.17. The Hall–Kier alpha value is -1.15. The van der Waals surface area contributed by atoms with Crippen molar-refractivity contribution in [3.63, 3.8) is 0 Å². The van der Waals surface area contributed by atoms with Gasteiger partial charge in [-0.3, -0.25) is 4.79 Å². The molecule has 2 saturated heterocycles. The third-order valence-corrected chi connectivity index (χ3v) is 4.26. The molecule has 6 nitrogen and oxygen atoms in total. The lowest BCUT2D eigenvalue weighted by Gasteiger charge is -2.24. The number of carbonyl (C=O) groups excluding carboxylic acids is 1. The number of hydrogen-bond donors (Lipinski definition) is 2. The second-order valence-electron chi connectivity index (χ2n) is 5.48. The number of nitrogens with zero attached hydrogens (tertiary/aromatic N) is 1. The zero-order chi connectivity index (χ0) is 14.9. The van der Waals surface area contributed by atoms with Gasteiger partial charge in [0.25, 0.3) is 0 Å². The molecule has 2 aliphatic heterocycles. The van der Waals surface area contributed by atoms with Crippen LogP contribution in [0.25, 0.3) is 0 Å². The maximum absolute atomic E-state index is 12.3. The summed E-state index contributed by atoms with van der Waals surface area (Å²) < 4.78 is 5.77. The van der Waals surface area contributed by atoms with Gasteiger partial charge in [-0.05, 0) is 18.6 Å². The molecule has 0 aromatic heterocycles. The van der Waals surface area contributed by atoms with Crippen LogP contribution < -0.4 is 15.3 Å². The van der Waals surface area contributed by atoms with Crippen LogP contribution in [0.3, 0.4) is 0 Å². The second kappa shape index (κ2) is 5.92. The summed E-state index contributed by atoms with van der Waals surface area (Å²) in [6.45, 7) is 2.62. The zero-order valence-electron chi connectivity index (χ0n) is 11.6. The minimum absolute atomic E-state index is 0.0809. The minimum atomic E-state index is -0.320. The van der Waals surface area contributed by atoms with E-state index in [-0.39, 0.29) is 23.1 Å². The minimum Gasteiger partial charge on any atom is -0.627 e. The van der Waals surface area contributed by atoms with Crippen LogP contribution in [-0.2, 0) is 9.53 Å². The molecule has 21 heavy (non-hydrogen) atoms. The van der Waals surface area contributed by atoms with Crippen LogP contribution in [0.5, 0.6) is 0 Å². The summed E-state index contributed by atoms with van der Waals surface area (Å²) in [5.41, 5.74) is 1.41. The van der Waals surface area contributed by atoms with Crippen LogP contribution in [0.2, 0.25) is 0 Å². The molecular formula is C14H18BrN3O3. The van der Waals surface area contributed by atoms with Gasteiger partial charge in [-0.15, -0.1) is 0 Å². The van der Waals surface area contributed by atoms with Crippen LogP contribution in [-0.4, -0.2) is 44.8 Å². The Morgan fingerprint density at radius 2 is 2.29 bits per heavy atom. The number of anilines is 1. The summed E-state index contributed by atoms with van der Waals surface area (Å²) in [6, 6.07) is 5.63. The van der Waals surface area contributed by atoms with Gasteiger partial charge < -0.3 is 25.2 Å². The monoisotopic (exact) mass is 355 g/mol. The van der Waals surface area contributed by atoms with Crippen molar-refractivity contribution in [2.24, 2.45) is 0 Å². The van der Waals surface area contributed by atoms with Gasteiger partial charge in [0.15, 0.2) is 5.69 Å². The lowest BCUT2D eigenvalue weighted by molar-refractivity contribution is -0.120. The molecule has 0 spiro atoms. The molecule has 1 aromatic rings. The van der Waals surface area contributed by atoms with E-state index in [1.54, 1.807) is 0 Å². The first-order valence-corrected chi connectivity index (χ1v) is 7.85. The number of ether oxygens (including phenoxy) is 1. The van der Waals surface area contributed by atoms with Gasteiger partial charge in [-0.2, -0.15) is 0 Å². The number of carbonyl (C=O) groups is 1. The molecular weight excluding hydrogens is 338 g/mol. The molecule has 0 aliphatic carbocycles. The van der Waals surface area contributed by atoms with E-state index < -0.39 is 0 Å². The summed E-state index contributed by atoms with van der Waals surface area (Å²) in [6.07, 6.45) is 0.857. The predicted molar refractivity (Wildman–Crippen MR) is 84.9 cm³/mol. The number of nitrogens with one attached hydrogen (secondary N) is 2. The predicted octanol–water partition coefficient (Wildman–Crippen LogP) is 1.58. The molecule has 2 N–H and O–H groups in total. The van der Waals surface area contributed by atoms with Gasteiger partial charge in [-0.25, -0.2) is 0 Å². The Morgan fingerprint density at radius 3 is 2.95 bits per heavy atom. The van der Waals surface area contributed by atoms with Gasteiger partial charge in [0.2, 0.25) is 5.91 Å². The standard InChI is InChI=1S/C14H18BrN3O3/c15-10-1-2-12(13(7-10)18(20)4-5-18)16-8-14(19)17-11-3-6-21-9-11/h1-2,7,11,16H,3-6,8-9H2,(H,17,19). The van der Waals surface area contributed by atoms with E-state index in [2.05, 4.69) is 26.6 Å². The lowest BCUT2D eigenvalue weighted by atomic mass is 10.2. The summed E-state index contributed by atoms with van der Waals surface area (Å²) in [4.78, 5) is 11.9. The molecule has 1 unspecified atom stereocenters. The quantitative estimate of drug-likeness (QED) is 0.477. The first-order valence-electron chi connectivity index (χ1n) is 7.06. The van der Waals surface area contributed by atoms with Crippen molar-refractivity contribution in [1.82, 2.24) is 9.96 Å². The van der Waals surface area contributed by atoms with Crippen LogP contribution >= 0.6 is 15.9 Å². The van der Waals surface area contributed by atoms with Crippen LogP contribution in [0.4, 0.5) is 11.4 Å². The second-order valence-corrected chi connectivity index (χ2v) is 6.40. The molecule has 114 valence electrons. The molecule has 0 saturated carbocycles. The fraction of sp³-hybridized carbons (Fsp3) is 0.500. The number of quaternary nitrogens is 1. The zero-order valence-corrected chi connectivity index (χ0v) is 13.2. The smallest absolute Gasteiger partial charge is 0.239 e. The highest BCUT2D eigenvalue weighted by Crippen LogP contribution is 2.38. The van der Waals surface area contributed by atoms with Gasteiger partial charge in [-0.1, -0.05) is 15.9 Å². The first kappa shape index (κ1) is 14.8. The average molecular weight is 356 g/mol. The Morgan fingerprint density at radius 1 is 1.48 bits per heavy atom. The van der Waals surface area contributed by atoms with Gasteiger partial charge in [0.05, 0.1) is 24.9 Å². The van der Waals surface area contributed by atoms with Crippen molar-refractivity contribution >= 4 is 33.2 Å². The summed E-state index contributed by atoms with van der Waals surface area (Å²) in [7, 11) is 0. The van der Waals surface area contributed by atoms with E-state index in [0.717, 1.165) is 16.6 Å². The molecule has 1 amide bonds. The highest BCUT2D eigenvalue weighted by molar-refractivity contribution is 9.10. The number of halogens is 1. The average Bonchev–Trinajstić information content (AvgIpc) is 2.99. The molecule has 2 aliphatic rings. The maximum atomic E-state index is 12.3. The number of rotatable bonds is 5. The lowest BCUT2D eigenvalue weighted by Crippen LogP contribution is -2.38. The maximum Gasteiger partial charge on any atom is 0.239 e. The third kappa shape index (κ3) is 3.55. The largest absolute Gasteiger partial charge is 0.627 e. The van der Waals surface area contributed by atoms with Crippen LogP contribution in [0.1, 0.15) is 6.42 Å². The molecule has 2 heterocycles. The summed E-state index contributed by atoms with van der Waals surface area (Å²) in [5, 5.41) is 18.3. The van der Waals surface area contributed by atoms with E-state index in [1.807, 2.05) is 18.2 Å². The molecule has 0 radical (unpaired) electrons. The van der Waals surface area contributed by atoms with Gasteiger partial charge in [0, 0.05) is 17.1 Å². The van der Waals surface area contributed by atoms with Crippen molar-refractivity contribution in [3.05, 3.63) is 27.9 Å². The SMILES string of the molecule is O=C(CNc1ccc(Br)cc1[N+]1([O-])CC1)NC1CCOC1. The summed E-state index contributed by atoms with van der Waals surface area (Å²) >= 11 is 3.39. The molecule has 3 rings (SSSR count). The Balaban J connectivity index is 1.61. The van der Waals surface area contributed by atoms with Crippen molar-refractivity contribution in [3.8, 4) is 0 Å². The topological polar surface area (TPSA) is 73.4 Å². The fourth-order valence-electron chi connectivity index (χ4n) is 2.43. The van der Waals surface area contributed by atoms with Crippen LogP contribution in [0, 0.1) is 5.21 Å². The highest BCUT2D eigenvalue weighted by Gasteiger charge is 2.37. The fourth-order valence-corrected chi connectivity index (χ4v) is 2.77. The van der Waals surface area contributed by atoms with Crippen molar-refractivity contribution in [2.75, 3.05) is 38.2 Å². The molecule has 2 fully saturated rings. The van der Waals surface area contributed by atoms with Gasteiger partial charge >= 0.3 is 0 Å². The van der Waals surface area contributed by atoms with E-state index in [9.17, 15) is 10.0 Å². The first-order chi connectivity index (χ1) is 10.1. The highest BCUT2D eigenvalue weighted by atomic mass is 79.9. The van der Waals surface area contributed by atoms with E-state index >= 15 is 0 Å². The molecule has 1 aromatic carbocycles. The Bertz CT molecular complexity index is 542. The van der Waals surface area contributed by atoms with E-state index in [1.165, 1.54) is 0 Å². The molecule has 1 atom stereocenters. The molecule has 7 heteroatoms. The van der Waals surface area contributed by atoms with E-state index in [0.29, 0.717) is 32.0 Å².